The molecule has 0 saturated heterocycles. The Morgan fingerprint density at radius 1 is 0.515 bits per heavy atom. The number of para-hydroxylation sites is 3. The van der Waals surface area contributed by atoms with Gasteiger partial charge in [0.2, 0.25) is 0 Å². The van der Waals surface area contributed by atoms with Gasteiger partial charge >= 0.3 is 0 Å². The van der Waals surface area contributed by atoms with E-state index in [1.165, 1.54) is 83.0 Å². The van der Waals surface area contributed by atoms with E-state index >= 15 is 0 Å². The maximum Gasteiger partial charge on any atom is 0.143 e. The molecule has 3 nitrogen and oxygen atoms in total. The van der Waals surface area contributed by atoms with Gasteiger partial charge in [0.1, 0.15) is 22.3 Å². The molecule has 0 spiro atoms. The minimum absolute atomic E-state index is 0.0501. The number of benzene rings is 9. The van der Waals surface area contributed by atoms with Crippen molar-refractivity contribution in [2.24, 2.45) is 0 Å². The lowest BCUT2D eigenvalue weighted by atomic mass is 9.79. The standard InChI is InChI=1S/C65H47NO2/c1-65(2)55-24-9-6-20-52(55)63-50(22-14-25-56(63)65)53(41-31-29-40(30-32-41)46-21-13-23-51-49-19-8-11-27-59(49)68-64(46)51)38-44-15-12-28-61-62(44)54-37-42(34-36-60(54)67-61)43-33-35-48-47-18-7-10-26-57(47)66(58(48)39-43)45-16-4-3-5-17-45/h4,6-37,39,53H,3,5,38H2,1-2H3. The fraction of sp³-hybridized carbons (Fsp3) is 0.108. The van der Waals surface area contributed by atoms with E-state index in [9.17, 15) is 0 Å². The van der Waals surface area contributed by atoms with Gasteiger partial charge in [-0.2, -0.15) is 0 Å². The first kappa shape index (κ1) is 39.1. The average molecular weight is 874 g/mol. The molecule has 0 bridgehead atoms. The topological polar surface area (TPSA) is 31.2 Å². The van der Waals surface area contributed by atoms with E-state index in [0.29, 0.717) is 0 Å². The molecule has 0 fully saturated rings. The van der Waals surface area contributed by atoms with Crippen LogP contribution in [0.1, 0.15) is 60.4 Å². The summed E-state index contributed by atoms with van der Waals surface area (Å²) in [6, 6.07) is 69.3. The number of fused-ring (bicyclic) bond motifs is 12. The number of allylic oxidation sites excluding steroid dienone is 4. The highest BCUT2D eigenvalue weighted by Gasteiger charge is 2.38. The minimum atomic E-state index is -0.111. The summed E-state index contributed by atoms with van der Waals surface area (Å²) in [5.41, 5.74) is 21.2. The molecule has 14 rings (SSSR count). The zero-order valence-electron chi connectivity index (χ0n) is 38.1. The summed E-state index contributed by atoms with van der Waals surface area (Å²) in [5, 5.41) is 7.16. The molecule has 68 heavy (non-hydrogen) atoms. The largest absolute Gasteiger partial charge is 0.456 e. The highest BCUT2D eigenvalue weighted by Crippen LogP contribution is 2.52. The first-order valence-electron chi connectivity index (χ1n) is 24.1. The predicted molar refractivity (Wildman–Crippen MR) is 284 cm³/mol. The number of hydrogen-bond acceptors (Lipinski definition) is 2. The molecule has 2 aliphatic carbocycles. The van der Waals surface area contributed by atoms with Crippen LogP contribution in [0.25, 0.3) is 105 Å². The van der Waals surface area contributed by atoms with Gasteiger partial charge in [-0.3, -0.25) is 0 Å². The Hall–Kier alpha value is -8.14. The molecule has 1 unspecified atom stereocenters. The summed E-state index contributed by atoms with van der Waals surface area (Å²) < 4.78 is 15.7. The highest BCUT2D eigenvalue weighted by atomic mass is 16.3. The zero-order valence-corrected chi connectivity index (χ0v) is 38.1. The van der Waals surface area contributed by atoms with Crippen LogP contribution in [-0.2, 0) is 11.8 Å². The van der Waals surface area contributed by atoms with E-state index in [2.05, 4.69) is 219 Å². The summed E-state index contributed by atoms with van der Waals surface area (Å²) in [7, 11) is 0. The van der Waals surface area contributed by atoms with E-state index in [1.54, 1.807) is 0 Å². The van der Waals surface area contributed by atoms with Gasteiger partial charge in [0.05, 0.1) is 11.0 Å². The smallest absolute Gasteiger partial charge is 0.143 e. The average Bonchev–Trinajstić information content (AvgIpc) is 4.12. The maximum absolute atomic E-state index is 6.73. The molecule has 0 N–H and O–H groups in total. The summed E-state index contributed by atoms with van der Waals surface area (Å²) in [5.74, 6) is 0.0501. The Morgan fingerprint density at radius 2 is 1.21 bits per heavy atom. The third-order valence-corrected chi connectivity index (χ3v) is 15.3. The normalized spacial score (nSPS) is 14.6. The Bertz CT molecular complexity index is 4090. The number of aromatic nitrogens is 1. The van der Waals surface area contributed by atoms with Gasteiger partial charge in [0.25, 0.3) is 0 Å². The number of nitrogens with zero attached hydrogens (tertiary/aromatic N) is 1. The second-order valence-electron chi connectivity index (χ2n) is 19.4. The molecular formula is C65H47NO2. The molecule has 0 aliphatic heterocycles. The molecule has 3 heteroatoms. The molecule has 9 aromatic carbocycles. The quantitative estimate of drug-likeness (QED) is 0.160. The van der Waals surface area contributed by atoms with Crippen LogP contribution in [0.2, 0.25) is 0 Å². The fourth-order valence-electron chi connectivity index (χ4n) is 12.0. The predicted octanol–water partition coefficient (Wildman–Crippen LogP) is 17.8. The Balaban J connectivity index is 0.921. The van der Waals surface area contributed by atoms with Crippen LogP contribution in [0.4, 0.5) is 0 Å². The molecule has 0 saturated carbocycles. The SMILES string of the molecule is CC1(C)c2ccccc2-c2c(C(Cc3cccc4oc5ccc(-c6ccc7c8ccccc8n(C8=CCCC=C8)c7c6)cc5c34)c3ccc(-c4cccc5c4oc4ccccc45)cc3)cccc21. The molecule has 0 amide bonds. The molecule has 0 radical (unpaired) electrons. The summed E-state index contributed by atoms with van der Waals surface area (Å²) in [6.45, 7) is 4.75. The third-order valence-electron chi connectivity index (χ3n) is 15.3. The van der Waals surface area contributed by atoms with E-state index in [4.69, 9.17) is 8.83 Å². The Labute approximate surface area is 394 Å². The van der Waals surface area contributed by atoms with Crippen LogP contribution in [0, 0.1) is 0 Å². The van der Waals surface area contributed by atoms with E-state index in [1.807, 2.05) is 6.07 Å². The van der Waals surface area contributed by atoms with Crippen molar-refractivity contribution in [3.8, 4) is 33.4 Å². The summed E-state index contributed by atoms with van der Waals surface area (Å²) in [6.07, 6.45) is 9.88. The lowest BCUT2D eigenvalue weighted by Crippen LogP contribution is -2.15. The highest BCUT2D eigenvalue weighted by molar-refractivity contribution is 6.13. The monoisotopic (exact) mass is 873 g/mol. The van der Waals surface area contributed by atoms with Crippen molar-refractivity contribution in [2.45, 2.75) is 44.4 Å². The summed E-state index contributed by atoms with van der Waals surface area (Å²) >= 11 is 0. The van der Waals surface area contributed by atoms with Gasteiger partial charge in [0.15, 0.2) is 0 Å². The van der Waals surface area contributed by atoms with Gasteiger partial charge in [-0.1, -0.05) is 178 Å². The maximum atomic E-state index is 6.73. The Kier molecular flexibility index (Phi) is 8.58. The van der Waals surface area contributed by atoms with Crippen molar-refractivity contribution < 1.29 is 8.83 Å². The number of furan rings is 2. The second kappa shape index (κ2) is 14.9. The van der Waals surface area contributed by atoms with Gasteiger partial charge < -0.3 is 13.4 Å². The van der Waals surface area contributed by atoms with Crippen molar-refractivity contribution in [1.82, 2.24) is 4.57 Å². The lowest BCUT2D eigenvalue weighted by Gasteiger charge is -2.25. The van der Waals surface area contributed by atoms with Gasteiger partial charge in [-0.25, -0.2) is 0 Å². The zero-order chi connectivity index (χ0) is 45.1. The van der Waals surface area contributed by atoms with Crippen molar-refractivity contribution in [2.75, 3.05) is 0 Å². The first-order chi connectivity index (χ1) is 33.5. The van der Waals surface area contributed by atoms with Crippen LogP contribution in [0.5, 0.6) is 0 Å². The first-order valence-corrected chi connectivity index (χ1v) is 24.1. The van der Waals surface area contributed by atoms with E-state index < -0.39 is 0 Å². The minimum Gasteiger partial charge on any atom is -0.456 e. The van der Waals surface area contributed by atoms with Gasteiger partial charge in [0, 0.05) is 54.9 Å². The lowest BCUT2D eigenvalue weighted by molar-refractivity contribution is 0.659. The number of rotatable bonds is 7. The van der Waals surface area contributed by atoms with Crippen molar-refractivity contribution >= 4 is 71.4 Å². The molecule has 1 atom stereocenters. The molecule has 3 heterocycles. The van der Waals surface area contributed by atoms with Crippen LogP contribution < -0.4 is 0 Å². The van der Waals surface area contributed by atoms with Crippen LogP contribution in [-0.4, -0.2) is 4.57 Å². The molecule has 2 aliphatic rings. The van der Waals surface area contributed by atoms with Gasteiger partial charge in [-0.05, 0) is 117 Å². The number of hydrogen-bond donors (Lipinski definition) is 0. The van der Waals surface area contributed by atoms with E-state index in [0.717, 1.165) is 68.9 Å². The van der Waals surface area contributed by atoms with Gasteiger partial charge in [-0.15, -0.1) is 0 Å². The van der Waals surface area contributed by atoms with Crippen molar-refractivity contribution in [3.05, 3.63) is 234 Å². The van der Waals surface area contributed by atoms with E-state index in [-0.39, 0.29) is 11.3 Å². The summed E-state index contributed by atoms with van der Waals surface area (Å²) in [4.78, 5) is 0. The third kappa shape index (κ3) is 5.85. The van der Waals surface area contributed by atoms with Crippen molar-refractivity contribution in [1.29, 1.82) is 0 Å². The molecule has 324 valence electrons. The Morgan fingerprint density at radius 3 is 2.10 bits per heavy atom. The van der Waals surface area contributed by atoms with Crippen LogP contribution in [0.15, 0.2) is 215 Å². The molecular weight excluding hydrogens is 827 g/mol. The fourth-order valence-corrected chi connectivity index (χ4v) is 12.0. The second-order valence-corrected chi connectivity index (χ2v) is 19.4. The molecule has 12 aromatic rings. The van der Waals surface area contributed by atoms with Crippen molar-refractivity contribution in [3.63, 3.8) is 0 Å². The van der Waals surface area contributed by atoms with Crippen LogP contribution in [0.3, 0.4) is 0 Å². The molecule has 3 aromatic heterocycles. The van der Waals surface area contributed by atoms with Crippen LogP contribution >= 0.6 is 0 Å².